The number of hydrogen-bond acceptors (Lipinski definition) is 8. The van der Waals surface area contributed by atoms with E-state index in [-0.39, 0.29) is 5.82 Å². The molecule has 0 amide bonds. The fourth-order valence-corrected chi connectivity index (χ4v) is 5.97. The molecule has 0 spiro atoms. The van der Waals surface area contributed by atoms with Gasteiger partial charge >= 0.3 is 0 Å². The number of rotatable bonds is 7. The van der Waals surface area contributed by atoms with Gasteiger partial charge in [-0.25, -0.2) is 14.4 Å². The molecular formula is C26H34FN5O2S. The number of aromatic nitrogens is 2. The summed E-state index contributed by atoms with van der Waals surface area (Å²) in [5, 5.41) is 4.93. The summed E-state index contributed by atoms with van der Waals surface area (Å²) in [7, 11) is 1.49. The minimum absolute atomic E-state index is 0.291. The summed E-state index contributed by atoms with van der Waals surface area (Å²) >= 11 is 1.75. The van der Waals surface area contributed by atoms with E-state index in [1.807, 2.05) is 6.07 Å². The zero-order valence-electron chi connectivity index (χ0n) is 20.8. The summed E-state index contributed by atoms with van der Waals surface area (Å²) in [5.41, 5.74) is 2.24. The van der Waals surface area contributed by atoms with Crippen molar-refractivity contribution in [1.29, 1.82) is 0 Å². The van der Waals surface area contributed by atoms with Crippen LogP contribution in [0.1, 0.15) is 34.7 Å². The number of anilines is 1. The number of nitrogens with one attached hydrogen (secondary N) is 1. The van der Waals surface area contributed by atoms with Gasteiger partial charge in [-0.3, -0.25) is 9.80 Å². The molecule has 188 valence electrons. The first kappa shape index (κ1) is 24.4. The van der Waals surface area contributed by atoms with E-state index in [9.17, 15) is 4.39 Å². The molecule has 5 rings (SSSR count). The first-order valence-electron chi connectivity index (χ1n) is 12.4. The number of likely N-dealkylation sites (tertiary alicyclic amines) is 1. The number of nitrogens with zero attached hydrogens (tertiary/aromatic N) is 4. The van der Waals surface area contributed by atoms with Crippen LogP contribution in [0.3, 0.4) is 0 Å². The average Bonchev–Trinajstić information content (AvgIpc) is 3.14. The van der Waals surface area contributed by atoms with Crippen LogP contribution >= 0.6 is 11.3 Å². The second-order valence-corrected chi connectivity index (χ2v) is 10.7. The van der Waals surface area contributed by atoms with Crippen molar-refractivity contribution in [3.05, 3.63) is 45.8 Å². The molecule has 7 nitrogen and oxygen atoms in total. The van der Waals surface area contributed by atoms with Gasteiger partial charge in [-0.1, -0.05) is 6.07 Å². The lowest BCUT2D eigenvalue weighted by Gasteiger charge is -2.33. The van der Waals surface area contributed by atoms with Crippen LogP contribution in [0.4, 0.5) is 10.2 Å². The Bertz CT molecular complexity index is 1170. The molecule has 0 aliphatic carbocycles. The highest BCUT2D eigenvalue weighted by Gasteiger charge is 2.23. The lowest BCUT2D eigenvalue weighted by Crippen LogP contribution is -2.39. The largest absolute Gasteiger partial charge is 0.494 e. The molecule has 2 aliphatic heterocycles. The van der Waals surface area contributed by atoms with Gasteiger partial charge < -0.3 is 14.8 Å². The zero-order chi connectivity index (χ0) is 24.4. The monoisotopic (exact) mass is 499 g/mol. The molecule has 2 aromatic heterocycles. The standard InChI is InChI=1S/C26H34FN5O2S/c1-17-18(2)35-26-24(17)25(29-23(30-26)16-32-10-12-34-13-11-32)28-20-6-8-31(9-7-20)15-19-4-5-22(33-3)21(27)14-19/h4-5,14,20H,6-13,15-16H2,1-3H3,(H,28,29,30). The number of piperidine rings is 1. The lowest BCUT2D eigenvalue weighted by atomic mass is 10.0. The maximum absolute atomic E-state index is 14.1. The maximum atomic E-state index is 14.1. The molecule has 3 aromatic rings. The van der Waals surface area contributed by atoms with Crippen LogP contribution in [0, 0.1) is 19.7 Å². The van der Waals surface area contributed by atoms with Gasteiger partial charge in [0.05, 0.1) is 32.3 Å². The van der Waals surface area contributed by atoms with E-state index in [4.69, 9.17) is 19.4 Å². The first-order chi connectivity index (χ1) is 17.0. The Balaban J connectivity index is 1.26. The van der Waals surface area contributed by atoms with Gasteiger partial charge in [-0.2, -0.15) is 0 Å². The Labute approximate surface area is 210 Å². The van der Waals surface area contributed by atoms with E-state index in [2.05, 4.69) is 29.0 Å². The topological polar surface area (TPSA) is 62.8 Å². The van der Waals surface area contributed by atoms with Gasteiger partial charge in [0.1, 0.15) is 16.5 Å². The van der Waals surface area contributed by atoms with Crippen LogP contribution < -0.4 is 10.1 Å². The van der Waals surface area contributed by atoms with Crippen LogP contribution in [0.2, 0.25) is 0 Å². The van der Waals surface area contributed by atoms with Crippen molar-refractivity contribution < 1.29 is 13.9 Å². The Kier molecular flexibility index (Phi) is 7.48. The van der Waals surface area contributed by atoms with Crippen molar-refractivity contribution >= 4 is 27.4 Å². The smallest absolute Gasteiger partial charge is 0.165 e. The van der Waals surface area contributed by atoms with E-state index in [0.717, 1.165) is 92.7 Å². The summed E-state index contributed by atoms with van der Waals surface area (Å²) in [4.78, 5) is 17.0. The normalized spacial score (nSPS) is 18.3. The number of halogens is 1. The van der Waals surface area contributed by atoms with Crippen molar-refractivity contribution in [2.24, 2.45) is 0 Å². The van der Waals surface area contributed by atoms with Gasteiger partial charge in [0.2, 0.25) is 0 Å². The van der Waals surface area contributed by atoms with Gasteiger partial charge in [0.15, 0.2) is 11.6 Å². The predicted octanol–water partition coefficient (Wildman–Crippen LogP) is 4.36. The van der Waals surface area contributed by atoms with Crippen LogP contribution in [-0.2, 0) is 17.8 Å². The average molecular weight is 500 g/mol. The molecule has 0 bridgehead atoms. The third-order valence-corrected chi connectivity index (χ3v) is 8.20. The molecule has 1 aromatic carbocycles. The number of morpholine rings is 1. The Morgan fingerprint density at radius 1 is 1.09 bits per heavy atom. The summed E-state index contributed by atoms with van der Waals surface area (Å²) in [6.45, 7) is 11.1. The zero-order valence-corrected chi connectivity index (χ0v) is 21.6. The van der Waals surface area contributed by atoms with Crippen LogP contribution in [0.15, 0.2) is 18.2 Å². The molecule has 4 heterocycles. The molecule has 1 N–H and O–H groups in total. The highest BCUT2D eigenvalue weighted by Crippen LogP contribution is 2.34. The molecule has 2 saturated heterocycles. The predicted molar refractivity (Wildman–Crippen MR) is 138 cm³/mol. The van der Waals surface area contributed by atoms with Crippen molar-refractivity contribution in [3.63, 3.8) is 0 Å². The highest BCUT2D eigenvalue weighted by atomic mass is 32.1. The molecule has 35 heavy (non-hydrogen) atoms. The number of fused-ring (bicyclic) bond motifs is 1. The Morgan fingerprint density at radius 3 is 2.54 bits per heavy atom. The summed E-state index contributed by atoms with van der Waals surface area (Å²) in [5.74, 6) is 1.83. The summed E-state index contributed by atoms with van der Waals surface area (Å²) in [6.07, 6.45) is 2.04. The van der Waals surface area contributed by atoms with Gasteiger partial charge in [-0.15, -0.1) is 11.3 Å². The molecular weight excluding hydrogens is 465 g/mol. The van der Waals surface area contributed by atoms with Gasteiger partial charge in [0, 0.05) is 43.6 Å². The quantitative estimate of drug-likeness (QED) is 0.518. The second kappa shape index (κ2) is 10.7. The summed E-state index contributed by atoms with van der Waals surface area (Å²) in [6, 6.07) is 5.59. The van der Waals surface area contributed by atoms with E-state index in [0.29, 0.717) is 11.8 Å². The van der Waals surface area contributed by atoms with Crippen molar-refractivity contribution in [2.75, 3.05) is 51.8 Å². The van der Waals surface area contributed by atoms with Crippen molar-refractivity contribution in [2.45, 2.75) is 45.8 Å². The van der Waals surface area contributed by atoms with E-state index < -0.39 is 0 Å². The third kappa shape index (κ3) is 5.58. The highest BCUT2D eigenvalue weighted by molar-refractivity contribution is 7.18. The SMILES string of the molecule is COc1ccc(CN2CCC(Nc3nc(CN4CCOCC4)nc4sc(C)c(C)c34)CC2)cc1F. The maximum Gasteiger partial charge on any atom is 0.165 e. The molecule has 0 atom stereocenters. The minimum atomic E-state index is -0.302. The first-order valence-corrected chi connectivity index (χ1v) is 13.2. The van der Waals surface area contributed by atoms with Crippen LogP contribution in [0.5, 0.6) is 5.75 Å². The number of methoxy groups -OCH3 is 1. The molecule has 0 unspecified atom stereocenters. The Morgan fingerprint density at radius 2 is 1.83 bits per heavy atom. The third-order valence-electron chi connectivity index (χ3n) is 7.09. The van der Waals surface area contributed by atoms with Crippen molar-refractivity contribution in [3.8, 4) is 5.75 Å². The van der Waals surface area contributed by atoms with Crippen LogP contribution in [-0.4, -0.2) is 72.3 Å². The second-order valence-electron chi connectivity index (χ2n) is 9.50. The van der Waals surface area contributed by atoms with E-state index >= 15 is 0 Å². The molecule has 0 saturated carbocycles. The molecule has 0 radical (unpaired) electrons. The van der Waals surface area contributed by atoms with Gasteiger partial charge in [0.25, 0.3) is 0 Å². The van der Waals surface area contributed by atoms with Gasteiger partial charge in [-0.05, 0) is 49.9 Å². The minimum Gasteiger partial charge on any atom is -0.494 e. The number of hydrogen-bond donors (Lipinski definition) is 1. The summed E-state index contributed by atoms with van der Waals surface area (Å²) < 4.78 is 24.6. The number of ether oxygens (including phenoxy) is 2. The molecule has 2 aliphatic rings. The molecule has 2 fully saturated rings. The lowest BCUT2D eigenvalue weighted by molar-refractivity contribution is 0.0331. The fraction of sp³-hybridized carbons (Fsp3) is 0.538. The number of aryl methyl sites for hydroxylation is 2. The Hall–Kier alpha value is -2.33. The van der Waals surface area contributed by atoms with Crippen molar-refractivity contribution in [1.82, 2.24) is 19.8 Å². The van der Waals surface area contributed by atoms with E-state index in [1.165, 1.54) is 17.6 Å². The number of thiophene rings is 1. The van der Waals surface area contributed by atoms with E-state index in [1.54, 1.807) is 23.5 Å². The molecule has 9 heteroatoms. The fourth-order valence-electron chi connectivity index (χ4n) is 4.92. The number of benzene rings is 1. The van der Waals surface area contributed by atoms with Crippen LogP contribution in [0.25, 0.3) is 10.2 Å².